The van der Waals surface area contributed by atoms with Gasteiger partial charge in [0.25, 0.3) is 0 Å². The second kappa shape index (κ2) is 10.4. The molecule has 1 aromatic carbocycles. The van der Waals surface area contributed by atoms with Crippen molar-refractivity contribution in [2.75, 3.05) is 6.54 Å². The van der Waals surface area contributed by atoms with E-state index in [9.17, 15) is 19.5 Å². The van der Waals surface area contributed by atoms with Gasteiger partial charge in [-0.25, -0.2) is 9.78 Å². The van der Waals surface area contributed by atoms with Crippen molar-refractivity contribution in [2.24, 2.45) is 5.92 Å². The number of carboxylic acids is 3. The SMILES string of the molecule is CC(CCNC(Cc1cnc(Cc2ccc(C(=O)O)cc2)[nH]1)C(=O)O)CC(=O)O. The molecule has 2 unspecified atom stereocenters. The number of nitrogens with zero attached hydrogens (tertiary/aromatic N) is 1. The Hall–Kier alpha value is -3.20. The molecule has 2 aromatic rings. The Kier molecular flexibility index (Phi) is 7.90. The van der Waals surface area contributed by atoms with Gasteiger partial charge in [-0.3, -0.25) is 9.59 Å². The van der Waals surface area contributed by atoms with Gasteiger partial charge in [0.05, 0.1) is 5.56 Å². The number of rotatable bonds is 12. The average molecular weight is 403 g/mol. The van der Waals surface area contributed by atoms with E-state index in [1.165, 1.54) is 12.1 Å². The van der Waals surface area contributed by atoms with Gasteiger partial charge in [-0.2, -0.15) is 0 Å². The lowest BCUT2D eigenvalue weighted by Crippen LogP contribution is -2.39. The van der Waals surface area contributed by atoms with Crippen LogP contribution in [0.5, 0.6) is 0 Å². The van der Waals surface area contributed by atoms with Crippen molar-refractivity contribution in [3.8, 4) is 0 Å². The Bertz CT molecular complexity index is 846. The summed E-state index contributed by atoms with van der Waals surface area (Å²) in [6.45, 7) is 2.22. The summed E-state index contributed by atoms with van der Waals surface area (Å²) in [6, 6.07) is 5.67. The van der Waals surface area contributed by atoms with Crippen LogP contribution in [0.2, 0.25) is 0 Å². The third kappa shape index (κ3) is 7.38. The van der Waals surface area contributed by atoms with Gasteiger partial charge in [0.2, 0.25) is 0 Å². The maximum atomic E-state index is 11.5. The fourth-order valence-corrected chi connectivity index (χ4v) is 2.93. The number of aromatic nitrogens is 2. The predicted molar refractivity (Wildman–Crippen MR) is 104 cm³/mol. The Morgan fingerprint density at radius 2 is 1.83 bits per heavy atom. The predicted octanol–water partition coefficient (Wildman–Crippen LogP) is 1.78. The maximum Gasteiger partial charge on any atom is 0.335 e. The van der Waals surface area contributed by atoms with Crippen LogP contribution >= 0.6 is 0 Å². The first kappa shape index (κ1) is 22.1. The number of hydrogen-bond acceptors (Lipinski definition) is 5. The van der Waals surface area contributed by atoms with Gasteiger partial charge >= 0.3 is 17.9 Å². The molecule has 9 nitrogen and oxygen atoms in total. The highest BCUT2D eigenvalue weighted by atomic mass is 16.4. The second-order valence-electron chi connectivity index (χ2n) is 7.07. The number of hydrogen-bond donors (Lipinski definition) is 5. The summed E-state index contributed by atoms with van der Waals surface area (Å²) in [5.74, 6) is -2.23. The molecule has 0 saturated heterocycles. The van der Waals surface area contributed by atoms with Gasteiger partial charge in [0.1, 0.15) is 11.9 Å². The van der Waals surface area contributed by atoms with E-state index >= 15 is 0 Å². The fraction of sp³-hybridized carbons (Fsp3) is 0.400. The summed E-state index contributed by atoms with van der Waals surface area (Å²) in [5, 5.41) is 30.1. The summed E-state index contributed by atoms with van der Waals surface area (Å²) < 4.78 is 0. The molecule has 0 radical (unpaired) electrons. The largest absolute Gasteiger partial charge is 0.481 e. The van der Waals surface area contributed by atoms with E-state index < -0.39 is 23.9 Å². The van der Waals surface area contributed by atoms with E-state index in [4.69, 9.17) is 10.2 Å². The Labute approximate surface area is 167 Å². The van der Waals surface area contributed by atoms with E-state index in [-0.39, 0.29) is 24.3 Å². The second-order valence-corrected chi connectivity index (χ2v) is 7.07. The lowest BCUT2D eigenvalue weighted by Gasteiger charge is -2.15. The van der Waals surface area contributed by atoms with Gasteiger partial charge in [-0.1, -0.05) is 19.1 Å². The molecule has 0 amide bonds. The highest BCUT2D eigenvalue weighted by molar-refractivity contribution is 5.87. The average Bonchev–Trinajstić information content (AvgIpc) is 3.07. The number of benzene rings is 1. The molecule has 2 atom stereocenters. The lowest BCUT2D eigenvalue weighted by atomic mass is 10.0. The van der Waals surface area contributed by atoms with Crippen LogP contribution in [-0.2, 0) is 22.4 Å². The van der Waals surface area contributed by atoms with Crippen LogP contribution in [0.3, 0.4) is 0 Å². The molecule has 1 heterocycles. The normalized spacial score (nSPS) is 13.0. The third-order valence-corrected chi connectivity index (χ3v) is 4.53. The molecule has 0 spiro atoms. The zero-order valence-corrected chi connectivity index (χ0v) is 16.1. The minimum Gasteiger partial charge on any atom is -0.481 e. The van der Waals surface area contributed by atoms with Crippen LogP contribution in [0.15, 0.2) is 30.5 Å². The van der Waals surface area contributed by atoms with Crippen molar-refractivity contribution in [2.45, 2.75) is 38.6 Å². The first-order valence-electron chi connectivity index (χ1n) is 9.27. The zero-order chi connectivity index (χ0) is 21.4. The van der Waals surface area contributed by atoms with Crippen molar-refractivity contribution < 1.29 is 29.7 Å². The Morgan fingerprint density at radius 3 is 2.41 bits per heavy atom. The first-order valence-corrected chi connectivity index (χ1v) is 9.27. The molecule has 0 aliphatic heterocycles. The van der Waals surface area contributed by atoms with Crippen molar-refractivity contribution in [1.82, 2.24) is 15.3 Å². The summed E-state index contributed by atoms with van der Waals surface area (Å²) >= 11 is 0. The molecule has 2 rings (SSSR count). The molecule has 0 saturated carbocycles. The number of aromatic carboxylic acids is 1. The van der Waals surface area contributed by atoms with Gasteiger partial charge in [-0.15, -0.1) is 0 Å². The molecule has 29 heavy (non-hydrogen) atoms. The van der Waals surface area contributed by atoms with Crippen LogP contribution in [0.4, 0.5) is 0 Å². The number of carbonyl (C=O) groups is 3. The molecule has 9 heteroatoms. The number of carboxylic acid groups (broad SMARTS) is 3. The molecule has 5 N–H and O–H groups in total. The molecule has 0 aliphatic rings. The van der Waals surface area contributed by atoms with Crippen molar-refractivity contribution in [1.29, 1.82) is 0 Å². The number of imidazole rings is 1. The van der Waals surface area contributed by atoms with Crippen LogP contribution in [0.25, 0.3) is 0 Å². The molecular weight excluding hydrogens is 378 g/mol. The molecule has 0 bridgehead atoms. The van der Waals surface area contributed by atoms with E-state index in [0.717, 1.165) is 5.56 Å². The minimum atomic E-state index is -0.990. The molecular formula is C20H25N3O6. The first-order chi connectivity index (χ1) is 13.7. The highest BCUT2D eigenvalue weighted by Crippen LogP contribution is 2.11. The Balaban J connectivity index is 1.89. The summed E-state index contributed by atoms with van der Waals surface area (Å²) in [7, 11) is 0. The van der Waals surface area contributed by atoms with Gasteiger partial charge in [-0.05, 0) is 36.6 Å². The summed E-state index contributed by atoms with van der Waals surface area (Å²) in [6.07, 6.45) is 2.89. The van der Waals surface area contributed by atoms with Gasteiger partial charge in [0, 0.05) is 31.2 Å². The van der Waals surface area contributed by atoms with E-state index in [1.54, 1.807) is 18.3 Å². The molecule has 1 aromatic heterocycles. The van der Waals surface area contributed by atoms with Crippen molar-refractivity contribution in [3.63, 3.8) is 0 Å². The highest BCUT2D eigenvalue weighted by Gasteiger charge is 2.19. The monoisotopic (exact) mass is 403 g/mol. The summed E-state index contributed by atoms with van der Waals surface area (Å²) in [4.78, 5) is 40.4. The topological polar surface area (TPSA) is 153 Å². The molecule has 0 fully saturated rings. The van der Waals surface area contributed by atoms with E-state index in [1.807, 2.05) is 6.92 Å². The molecule has 0 aliphatic carbocycles. The van der Waals surface area contributed by atoms with Crippen LogP contribution < -0.4 is 5.32 Å². The van der Waals surface area contributed by atoms with Crippen molar-refractivity contribution >= 4 is 17.9 Å². The van der Waals surface area contributed by atoms with E-state index in [0.29, 0.717) is 30.9 Å². The number of aliphatic carboxylic acids is 2. The number of H-pyrrole nitrogens is 1. The zero-order valence-electron chi connectivity index (χ0n) is 16.1. The van der Waals surface area contributed by atoms with Gasteiger partial charge < -0.3 is 25.6 Å². The maximum absolute atomic E-state index is 11.5. The third-order valence-electron chi connectivity index (χ3n) is 4.53. The van der Waals surface area contributed by atoms with Crippen molar-refractivity contribution in [3.05, 3.63) is 53.1 Å². The number of aromatic amines is 1. The quantitative estimate of drug-likeness (QED) is 0.359. The van der Waals surface area contributed by atoms with Crippen LogP contribution in [0, 0.1) is 5.92 Å². The lowest BCUT2D eigenvalue weighted by molar-refractivity contribution is -0.140. The number of nitrogens with one attached hydrogen (secondary N) is 2. The smallest absolute Gasteiger partial charge is 0.335 e. The minimum absolute atomic E-state index is 0.0410. The standard InChI is InChI=1S/C20H25N3O6/c1-12(8-18(24)25)6-7-21-16(20(28)29)10-15-11-22-17(23-15)9-13-2-4-14(5-3-13)19(26)27/h2-5,11-12,16,21H,6-10H2,1H3,(H,22,23)(H,24,25)(H,26,27)(H,28,29). The van der Waals surface area contributed by atoms with Gasteiger partial charge in [0.15, 0.2) is 0 Å². The van der Waals surface area contributed by atoms with Crippen LogP contribution in [-0.4, -0.2) is 55.8 Å². The fourth-order valence-electron chi connectivity index (χ4n) is 2.93. The van der Waals surface area contributed by atoms with Crippen LogP contribution in [0.1, 0.15) is 47.2 Å². The Morgan fingerprint density at radius 1 is 1.14 bits per heavy atom. The molecule has 156 valence electrons. The summed E-state index contributed by atoms with van der Waals surface area (Å²) in [5.41, 5.74) is 1.76. The van der Waals surface area contributed by atoms with E-state index in [2.05, 4.69) is 15.3 Å².